The SMILES string of the molecule is CCOC(Br)C(=O)N1CCCCC1. The number of ether oxygens (including phenoxy) is 1. The predicted octanol–water partition coefficient (Wildman–Crippen LogP) is 1.76. The van der Waals surface area contributed by atoms with Gasteiger partial charge in [0.1, 0.15) is 0 Å². The highest BCUT2D eigenvalue weighted by Gasteiger charge is 2.23. The zero-order valence-electron chi connectivity index (χ0n) is 7.96. The number of nitrogens with zero attached hydrogens (tertiary/aromatic N) is 1. The van der Waals surface area contributed by atoms with Crippen LogP contribution in [0.5, 0.6) is 0 Å². The molecule has 1 aliphatic heterocycles. The van der Waals surface area contributed by atoms with Gasteiger partial charge in [-0.05, 0) is 42.1 Å². The number of likely N-dealkylation sites (tertiary alicyclic amines) is 1. The maximum Gasteiger partial charge on any atom is 0.262 e. The van der Waals surface area contributed by atoms with Gasteiger partial charge < -0.3 is 9.64 Å². The Hall–Kier alpha value is -0.0900. The summed E-state index contributed by atoms with van der Waals surface area (Å²) in [7, 11) is 0. The van der Waals surface area contributed by atoms with Crippen molar-refractivity contribution in [3.63, 3.8) is 0 Å². The Morgan fingerprint density at radius 2 is 2.08 bits per heavy atom. The average Bonchev–Trinajstić information content (AvgIpc) is 2.18. The fourth-order valence-corrected chi connectivity index (χ4v) is 2.03. The smallest absolute Gasteiger partial charge is 0.262 e. The third kappa shape index (κ3) is 3.27. The van der Waals surface area contributed by atoms with Gasteiger partial charge >= 0.3 is 0 Å². The topological polar surface area (TPSA) is 29.5 Å². The molecular weight excluding hydrogens is 234 g/mol. The minimum Gasteiger partial charge on any atom is -0.357 e. The van der Waals surface area contributed by atoms with Crippen LogP contribution in [0.25, 0.3) is 0 Å². The van der Waals surface area contributed by atoms with Crippen LogP contribution in [0.15, 0.2) is 0 Å². The van der Waals surface area contributed by atoms with Crippen LogP contribution < -0.4 is 0 Å². The van der Waals surface area contributed by atoms with Crippen LogP contribution in [-0.2, 0) is 9.53 Å². The minimum absolute atomic E-state index is 0.0709. The molecule has 1 fully saturated rings. The fraction of sp³-hybridized carbons (Fsp3) is 0.889. The van der Waals surface area contributed by atoms with E-state index in [-0.39, 0.29) is 5.91 Å². The molecule has 1 rings (SSSR count). The second-order valence-electron chi connectivity index (χ2n) is 3.16. The quantitative estimate of drug-likeness (QED) is 0.714. The van der Waals surface area contributed by atoms with Crippen molar-refractivity contribution < 1.29 is 9.53 Å². The van der Waals surface area contributed by atoms with Crippen molar-refractivity contribution in [3.05, 3.63) is 0 Å². The number of hydrogen-bond donors (Lipinski definition) is 0. The van der Waals surface area contributed by atoms with Crippen molar-refractivity contribution in [2.24, 2.45) is 0 Å². The molecule has 0 N–H and O–H groups in total. The monoisotopic (exact) mass is 249 g/mol. The van der Waals surface area contributed by atoms with E-state index in [2.05, 4.69) is 15.9 Å². The van der Waals surface area contributed by atoms with E-state index >= 15 is 0 Å². The second-order valence-corrected chi connectivity index (χ2v) is 3.99. The molecule has 0 aromatic rings. The Morgan fingerprint density at radius 1 is 1.46 bits per heavy atom. The highest BCUT2D eigenvalue weighted by molar-refractivity contribution is 9.09. The summed E-state index contributed by atoms with van der Waals surface area (Å²) in [6.07, 6.45) is 3.49. The van der Waals surface area contributed by atoms with Gasteiger partial charge in [0, 0.05) is 19.7 Å². The van der Waals surface area contributed by atoms with E-state index in [1.54, 1.807) is 0 Å². The molecule has 3 nitrogen and oxygen atoms in total. The molecule has 0 bridgehead atoms. The molecule has 13 heavy (non-hydrogen) atoms. The van der Waals surface area contributed by atoms with Gasteiger partial charge in [-0.25, -0.2) is 0 Å². The van der Waals surface area contributed by atoms with Gasteiger partial charge in [-0.1, -0.05) is 0 Å². The summed E-state index contributed by atoms with van der Waals surface area (Å²) < 4.78 is 5.18. The zero-order valence-corrected chi connectivity index (χ0v) is 9.55. The molecule has 1 aliphatic rings. The van der Waals surface area contributed by atoms with Crippen LogP contribution in [-0.4, -0.2) is 35.5 Å². The van der Waals surface area contributed by atoms with Crippen LogP contribution in [0.1, 0.15) is 26.2 Å². The van der Waals surface area contributed by atoms with E-state index in [1.807, 2.05) is 11.8 Å². The number of rotatable bonds is 3. The van der Waals surface area contributed by atoms with Gasteiger partial charge in [-0.15, -0.1) is 0 Å². The number of amides is 1. The third-order valence-electron chi connectivity index (χ3n) is 2.17. The zero-order chi connectivity index (χ0) is 9.68. The van der Waals surface area contributed by atoms with E-state index < -0.39 is 5.01 Å². The average molecular weight is 250 g/mol. The molecule has 4 heteroatoms. The van der Waals surface area contributed by atoms with Crippen molar-refractivity contribution in [2.75, 3.05) is 19.7 Å². The van der Waals surface area contributed by atoms with E-state index in [9.17, 15) is 4.79 Å². The second kappa shape index (κ2) is 5.60. The molecular formula is C9H16BrNO2. The Bertz CT molecular complexity index is 169. The molecule has 1 heterocycles. The van der Waals surface area contributed by atoms with Crippen LogP contribution in [0, 0.1) is 0 Å². The molecule has 1 unspecified atom stereocenters. The van der Waals surface area contributed by atoms with Gasteiger partial charge in [0.2, 0.25) is 0 Å². The highest BCUT2D eigenvalue weighted by atomic mass is 79.9. The highest BCUT2D eigenvalue weighted by Crippen LogP contribution is 2.13. The summed E-state index contributed by atoms with van der Waals surface area (Å²) >= 11 is 3.23. The lowest BCUT2D eigenvalue weighted by atomic mass is 10.1. The van der Waals surface area contributed by atoms with Crippen molar-refractivity contribution in [3.8, 4) is 0 Å². The van der Waals surface area contributed by atoms with Gasteiger partial charge in [0.25, 0.3) is 5.91 Å². The minimum atomic E-state index is -0.449. The number of halogens is 1. The van der Waals surface area contributed by atoms with Gasteiger partial charge in [-0.2, -0.15) is 0 Å². The van der Waals surface area contributed by atoms with Crippen LogP contribution in [0.3, 0.4) is 0 Å². The van der Waals surface area contributed by atoms with Crippen molar-refractivity contribution in [1.29, 1.82) is 0 Å². The largest absolute Gasteiger partial charge is 0.357 e. The summed E-state index contributed by atoms with van der Waals surface area (Å²) in [5.74, 6) is 0.0709. The lowest BCUT2D eigenvalue weighted by Crippen LogP contribution is -2.40. The first-order valence-electron chi connectivity index (χ1n) is 4.80. The maximum atomic E-state index is 11.6. The summed E-state index contributed by atoms with van der Waals surface area (Å²) in [4.78, 5) is 13.5. The first kappa shape index (κ1) is 11.0. The number of piperidine rings is 1. The van der Waals surface area contributed by atoms with E-state index in [0.29, 0.717) is 6.61 Å². The standard InChI is InChI=1S/C9H16BrNO2/c1-2-13-8(10)9(12)11-6-4-3-5-7-11/h8H,2-7H2,1H3. The Morgan fingerprint density at radius 3 is 2.62 bits per heavy atom. The number of hydrogen-bond acceptors (Lipinski definition) is 2. The van der Waals surface area contributed by atoms with Gasteiger partial charge in [0.05, 0.1) is 0 Å². The number of alkyl halides is 1. The summed E-state index contributed by atoms with van der Waals surface area (Å²) in [5, 5.41) is -0.449. The van der Waals surface area contributed by atoms with Crippen LogP contribution >= 0.6 is 15.9 Å². The number of carbonyl (C=O) groups is 1. The Labute approximate surface area is 87.6 Å². The molecule has 1 saturated heterocycles. The fourth-order valence-electron chi connectivity index (χ4n) is 1.48. The normalized spacial score (nSPS) is 20.0. The molecule has 0 aliphatic carbocycles. The first-order chi connectivity index (χ1) is 6.25. The van der Waals surface area contributed by atoms with Crippen molar-refractivity contribution in [2.45, 2.75) is 31.2 Å². The number of carbonyl (C=O) groups excluding carboxylic acids is 1. The maximum absolute atomic E-state index is 11.6. The van der Waals surface area contributed by atoms with Gasteiger partial charge in [-0.3, -0.25) is 4.79 Å². The lowest BCUT2D eigenvalue weighted by Gasteiger charge is -2.28. The van der Waals surface area contributed by atoms with Crippen molar-refractivity contribution in [1.82, 2.24) is 4.90 Å². The third-order valence-corrected chi connectivity index (χ3v) is 2.83. The molecule has 1 atom stereocenters. The molecule has 0 spiro atoms. The molecule has 0 aromatic heterocycles. The van der Waals surface area contributed by atoms with Gasteiger partial charge in [0.15, 0.2) is 5.01 Å². The summed E-state index contributed by atoms with van der Waals surface area (Å²) in [6, 6.07) is 0. The molecule has 0 aromatic carbocycles. The van der Waals surface area contributed by atoms with E-state index in [1.165, 1.54) is 6.42 Å². The predicted molar refractivity (Wildman–Crippen MR) is 54.8 cm³/mol. The summed E-state index contributed by atoms with van der Waals surface area (Å²) in [5.41, 5.74) is 0. The van der Waals surface area contributed by atoms with Crippen LogP contribution in [0.2, 0.25) is 0 Å². The molecule has 0 saturated carbocycles. The Balaban J connectivity index is 2.36. The molecule has 1 amide bonds. The lowest BCUT2D eigenvalue weighted by molar-refractivity contribution is -0.138. The van der Waals surface area contributed by atoms with Crippen molar-refractivity contribution >= 4 is 21.8 Å². The summed E-state index contributed by atoms with van der Waals surface area (Å²) in [6.45, 7) is 4.22. The molecule has 76 valence electrons. The molecule has 0 radical (unpaired) electrons. The Kier molecular flexibility index (Phi) is 4.73. The van der Waals surface area contributed by atoms with E-state index in [0.717, 1.165) is 25.9 Å². The van der Waals surface area contributed by atoms with E-state index in [4.69, 9.17) is 4.74 Å². The first-order valence-corrected chi connectivity index (χ1v) is 5.71. The van der Waals surface area contributed by atoms with Crippen LogP contribution in [0.4, 0.5) is 0 Å².